The van der Waals surface area contributed by atoms with Crippen LogP contribution in [0.15, 0.2) is 61.2 Å². The van der Waals surface area contributed by atoms with Crippen LogP contribution in [0.2, 0.25) is 0 Å². The lowest BCUT2D eigenvalue weighted by Crippen LogP contribution is -2.18. The Morgan fingerprint density at radius 1 is 1.16 bits per heavy atom. The van der Waals surface area contributed by atoms with E-state index >= 15 is 0 Å². The van der Waals surface area contributed by atoms with Gasteiger partial charge >= 0.3 is 0 Å². The molecule has 0 fully saturated rings. The standard InChI is InChI=1S/C17H15N5O3/c18-16(23)11-22-10-13(9-20-22)21-17(24)12-2-1-3-15(8-12)25-14-4-6-19-7-5-14/h1-10H,11H2,(H2,18,23)(H,21,24). The van der Waals surface area contributed by atoms with Crippen LogP contribution in [0.4, 0.5) is 5.69 Å². The van der Waals surface area contributed by atoms with Gasteiger partial charge in [-0.25, -0.2) is 0 Å². The number of primary amides is 1. The van der Waals surface area contributed by atoms with Crippen LogP contribution in [0.3, 0.4) is 0 Å². The number of ether oxygens (including phenoxy) is 1. The van der Waals surface area contributed by atoms with E-state index in [2.05, 4.69) is 15.4 Å². The Kier molecular flexibility index (Phi) is 4.70. The number of nitrogens with zero attached hydrogens (tertiary/aromatic N) is 3. The first kappa shape index (κ1) is 16.2. The molecule has 3 rings (SSSR count). The molecule has 2 heterocycles. The van der Waals surface area contributed by atoms with Crippen molar-refractivity contribution < 1.29 is 14.3 Å². The molecule has 0 aliphatic rings. The average molecular weight is 337 g/mol. The number of nitrogens with two attached hydrogens (primary N) is 1. The molecule has 8 nitrogen and oxygen atoms in total. The molecule has 0 aliphatic carbocycles. The quantitative estimate of drug-likeness (QED) is 0.712. The number of nitrogens with one attached hydrogen (secondary N) is 1. The van der Waals surface area contributed by atoms with Gasteiger partial charge < -0.3 is 15.8 Å². The van der Waals surface area contributed by atoms with Gasteiger partial charge in [0, 0.05) is 24.2 Å². The number of aromatic nitrogens is 3. The molecule has 3 N–H and O–H groups in total. The minimum atomic E-state index is -0.512. The Hall–Kier alpha value is -3.68. The lowest BCUT2D eigenvalue weighted by Gasteiger charge is -2.07. The third-order valence-corrected chi connectivity index (χ3v) is 3.19. The van der Waals surface area contributed by atoms with Gasteiger partial charge in [-0.1, -0.05) is 6.07 Å². The summed E-state index contributed by atoms with van der Waals surface area (Å²) >= 11 is 0. The molecule has 126 valence electrons. The van der Waals surface area contributed by atoms with Crippen molar-refractivity contribution >= 4 is 17.5 Å². The summed E-state index contributed by atoms with van der Waals surface area (Å²) in [6, 6.07) is 10.2. The molecule has 2 aromatic heterocycles. The second-order valence-electron chi connectivity index (χ2n) is 5.16. The van der Waals surface area contributed by atoms with Crippen molar-refractivity contribution in [3.63, 3.8) is 0 Å². The molecule has 2 amide bonds. The Labute approximate surface area is 143 Å². The molecular weight excluding hydrogens is 322 g/mol. The largest absolute Gasteiger partial charge is 0.457 e. The van der Waals surface area contributed by atoms with Gasteiger partial charge in [-0.05, 0) is 30.3 Å². The van der Waals surface area contributed by atoms with Crippen LogP contribution in [0.5, 0.6) is 11.5 Å². The highest BCUT2D eigenvalue weighted by Crippen LogP contribution is 2.21. The zero-order chi connectivity index (χ0) is 17.6. The molecule has 25 heavy (non-hydrogen) atoms. The van der Waals surface area contributed by atoms with Crippen molar-refractivity contribution in [2.75, 3.05) is 5.32 Å². The summed E-state index contributed by atoms with van der Waals surface area (Å²) in [5.74, 6) is 0.323. The van der Waals surface area contributed by atoms with E-state index in [-0.39, 0.29) is 12.5 Å². The number of carbonyl (C=O) groups excluding carboxylic acids is 2. The normalized spacial score (nSPS) is 10.2. The van der Waals surface area contributed by atoms with Crippen LogP contribution in [0.1, 0.15) is 10.4 Å². The molecule has 0 aliphatic heterocycles. The Morgan fingerprint density at radius 3 is 2.72 bits per heavy atom. The fraction of sp³-hybridized carbons (Fsp3) is 0.0588. The summed E-state index contributed by atoms with van der Waals surface area (Å²) in [7, 11) is 0. The fourth-order valence-corrected chi connectivity index (χ4v) is 2.12. The number of carbonyl (C=O) groups is 2. The molecule has 0 spiro atoms. The molecule has 8 heteroatoms. The summed E-state index contributed by atoms with van der Waals surface area (Å²) in [6.45, 7) is -0.0505. The predicted octanol–water partition coefficient (Wildman–Crippen LogP) is 1.81. The van der Waals surface area contributed by atoms with E-state index in [0.29, 0.717) is 22.7 Å². The average Bonchev–Trinajstić information content (AvgIpc) is 3.02. The Morgan fingerprint density at radius 2 is 1.96 bits per heavy atom. The zero-order valence-electron chi connectivity index (χ0n) is 13.1. The molecule has 0 unspecified atom stereocenters. The third-order valence-electron chi connectivity index (χ3n) is 3.19. The predicted molar refractivity (Wildman–Crippen MR) is 90.1 cm³/mol. The number of anilines is 1. The third kappa shape index (κ3) is 4.41. The van der Waals surface area contributed by atoms with Crippen molar-refractivity contribution in [2.45, 2.75) is 6.54 Å². The van der Waals surface area contributed by atoms with Crippen LogP contribution in [0.25, 0.3) is 0 Å². The minimum Gasteiger partial charge on any atom is -0.457 e. The maximum atomic E-state index is 12.3. The van der Waals surface area contributed by atoms with E-state index in [1.807, 2.05) is 0 Å². The molecule has 0 bridgehead atoms. The number of amides is 2. The Balaban J connectivity index is 1.69. The van der Waals surface area contributed by atoms with Crippen molar-refractivity contribution in [1.29, 1.82) is 0 Å². The first-order valence-corrected chi connectivity index (χ1v) is 7.40. The number of hydrogen-bond donors (Lipinski definition) is 2. The van der Waals surface area contributed by atoms with E-state index < -0.39 is 5.91 Å². The molecule has 0 atom stereocenters. The second kappa shape index (κ2) is 7.26. The first-order valence-electron chi connectivity index (χ1n) is 7.40. The van der Waals surface area contributed by atoms with Crippen molar-refractivity contribution in [3.8, 4) is 11.5 Å². The van der Waals surface area contributed by atoms with Gasteiger partial charge in [0.15, 0.2) is 0 Å². The van der Waals surface area contributed by atoms with Crippen LogP contribution in [0, 0.1) is 0 Å². The lowest BCUT2D eigenvalue weighted by molar-refractivity contribution is -0.118. The monoisotopic (exact) mass is 337 g/mol. The van der Waals surface area contributed by atoms with Crippen molar-refractivity contribution in [1.82, 2.24) is 14.8 Å². The van der Waals surface area contributed by atoms with Crippen LogP contribution < -0.4 is 15.8 Å². The van der Waals surface area contributed by atoms with Crippen LogP contribution in [-0.4, -0.2) is 26.6 Å². The molecular formula is C17H15N5O3. The lowest BCUT2D eigenvalue weighted by atomic mass is 10.2. The number of hydrogen-bond acceptors (Lipinski definition) is 5. The van der Waals surface area contributed by atoms with Gasteiger partial charge in [-0.2, -0.15) is 5.10 Å². The second-order valence-corrected chi connectivity index (χ2v) is 5.16. The fourth-order valence-electron chi connectivity index (χ4n) is 2.12. The first-order chi connectivity index (χ1) is 12.1. The number of pyridine rings is 1. The summed E-state index contributed by atoms with van der Waals surface area (Å²) < 4.78 is 7.03. The smallest absolute Gasteiger partial charge is 0.255 e. The van der Waals surface area contributed by atoms with Crippen molar-refractivity contribution in [2.24, 2.45) is 5.73 Å². The highest BCUT2D eigenvalue weighted by molar-refractivity contribution is 6.04. The molecule has 0 saturated carbocycles. The maximum Gasteiger partial charge on any atom is 0.255 e. The van der Waals surface area contributed by atoms with E-state index in [0.717, 1.165) is 0 Å². The number of rotatable bonds is 6. The number of benzene rings is 1. The van der Waals surface area contributed by atoms with Crippen LogP contribution >= 0.6 is 0 Å². The maximum absolute atomic E-state index is 12.3. The SMILES string of the molecule is NC(=O)Cn1cc(NC(=O)c2cccc(Oc3ccncc3)c2)cn1. The van der Waals surface area contributed by atoms with E-state index in [9.17, 15) is 9.59 Å². The highest BCUT2D eigenvalue weighted by atomic mass is 16.5. The van der Waals surface area contributed by atoms with Crippen molar-refractivity contribution in [3.05, 3.63) is 66.7 Å². The van der Waals surface area contributed by atoms with Gasteiger partial charge in [-0.3, -0.25) is 19.3 Å². The minimum absolute atomic E-state index is 0.0505. The molecule has 0 saturated heterocycles. The van der Waals surface area contributed by atoms with E-state index in [4.69, 9.17) is 10.5 Å². The highest BCUT2D eigenvalue weighted by Gasteiger charge is 2.10. The van der Waals surface area contributed by atoms with Gasteiger partial charge in [0.1, 0.15) is 18.0 Å². The topological polar surface area (TPSA) is 112 Å². The summed E-state index contributed by atoms with van der Waals surface area (Å²) in [5, 5.41) is 6.65. The molecule has 3 aromatic rings. The molecule has 1 aromatic carbocycles. The summed E-state index contributed by atoms with van der Waals surface area (Å²) in [4.78, 5) is 27.1. The van der Waals surface area contributed by atoms with Gasteiger partial charge in [-0.15, -0.1) is 0 Å². The van der Waals surface area contributed by atoms with Gasteiger partial charge in [0.05, 0.1) is 11.9 Å². The van der Waals surface area contributed by atoms with Gasteiger partial charge in [0.2, 0.25) is 5.91 Å². The summed E-state index contributed by atoms with van der Waals surface area (Å²) in [6.07, 6.45) is 6.21. The van der Waals surface area contributed by atoms with Crippen LogP contribution in [-0.2, 0) is 11.3 Å². The summed E-state index contributed by atoms with van der Waals surface area (Å²) in [5.41, 5.74) is 5.99. The van der Waals surface area contributed by atoms with E-state index in [1.165, 1.54) is 17.1 Å². The zero-order valence-corrected chi connectivity index (χ0v) is 13.1. The molecule has 0 radical (unpaired) electrons. The Bertz CT molecular complexity index is 892. The van der Waals surface area contributed by atoms with E-state index in [1.54, 1.807) is 48.8 Å². The van der Waals surface area contributed by atoms with Gasteiger partial charge in [0.25, 0.3) is 5.91 Å².